The monoisotopic (exact) mass is 458 g/mol. The molecule has 1 saturated carbocycles. The quantitative estimate of drug-likeness (QED) is 0.372. The molecule has 0 aromatic heterocycles. The number of benzene rings is 3. The zero-order valence-electron chi connectivity index (χ0n) is 19.3. The number of anilines is 1. The van der Waals surface area contributed by atoms with Crippen LogP contribution in [0, 0.1) is 5.41 Å². The van der Waals surface area contributed by atoms with Crippen LogP contribution in [0.2, 0.25) is 0 Å². The van der Waals surface area contributed by atoms with E-state index in [1.807, 2.05) is 67.6 Å². The molecule has 2 atom stereocenters. The van der Waals surface area contributed by atoms with Gasteiger partial charge < -0.3 is 21.0 Å². The molecule has 0 bridgehead atoms. The second-order valence-corrected chi connectivity index (χ2v) is 9.27. The highest BCUT2D eigenvalue weighted by molar-refractivity contribution is 5.99. The lowest BCUT2D eigenvalue weighted by Crippen LogP contribution is -2.25. The lowest BCUT2D eigenvalue weighted by molar-refractivity contribution is -0.137. The number of aliphatic carboxylic acids is 1. The first-order chi connectivity index (χ1) is 16.3. The number of aryl methyl sites for hydroxylation is 1. The van der Waals surface area contributed by atoms with Crippen LogP contribution in [-0.4, -0.2) is 23.3 Å². The second kappa shape index (κ2) is 9.77. The summed E-state index contributed by atoms with van der Waals surface area (Å²) in [5, 5.41) is 14.2. The Morgan fingerprint density at radius 3 is 2.56 bits per heavy atom. The van der Waals surface area contributed by atoms with Crippen molar-refractivity contribution in [2.45, 2.75) is 51.0 Å². The summed E-state index contributed by atoms with van der Waals surface area (Å²) >= 11 is 0. The highest BCUT2D eigenvalue weighted by Gasteiger charge is 2.48. The topological polar surface area (TPSA) is 109 Å². The van der Waals surface area contributed by atoms with Gasteiger partial charge in [-0.2, -0.15) is 0 Å². The van der Waals surface area contributed by atoms with Gasteiger partial charge in [-0.25, -0.2) is 0 Å². The molecule has 4 rings (SSSR count). The van der Waals surface area contributed by atoms with Gasteiger partial charge >= 0.3 is 5.97 Å². The first-order valence-electron chi connectivity index (χ1n) is 11.7. The van der Waals surface area contributed by atoms with E-state index in [1.165, 1.54) is 0 Å². The molecule has 3 aromatic carbocycles. The number of aldehydes is 1. The number of hydrogen-bond donors (Lipinski definition) is 3. The molecule has 0 radical (unpaired) electrons. The van der Waals surface area contributed by atoms with E-state index in [2.05, 4.69) is 5.32 Å². The molecule has 0 aliphatic heterocycles. The second-order valence-electron chi connectivity index (χ2n) is 9.27. The van der Waals surface area contributed by atoms with Crippen LogP contribution in [0.1, 0.15) is 61.3 Å². The molecule has 0 saturated heterocycles. The molecule has 0 spiro atoms. The molecule has 1 aliphatic rings. The number of carboxylic acids is 1. The average Bonchev–Trinajstić information content (AvgIpc) is 3.65. The third-order valence-corrected chi connectivity index (χ3v) is 6.95. The van der Waals surface area contributed by atoms with Gasteiger partial charge in [0.05, 0.1) is 5.92 Å². The van der Waals surface area contributed by atoms with Crippen LogP contribution in [-0.2, 0) is 20.8 Å². The third kappa shape index (κ3) is 4.87. The van der Waals surface area contributed by atoms with Crippen LogP contribution in [0.3, 0.4) is 0 Å². The predicted molar refractivity (Wildman–Crippen MR) is 133 cm³/mol. The molecule has 1 fully saturated rings. The maximum Gasteiger partial charge on any atom is 0.303 e. The number of nitrogens with one attached hydrogen (secondary N) is 1. The molecule has 176 valence electrons. The van der Waals surface area contributed by atoms with Gasteiger partial charge in [0, 0.05) is 23.6 Å². The summed E-state index contributed by atoms with van der Waals surface area (Å²) in [4.78, 5) is 35.9. The average molecular weight is 459 g/mol. The first-order valence-corrected chi connectivity index (χ1v) is 11.7. The zero-order chi connectivity index (χ0) is 24.3. The number of carbonyl (C=O) groups is 3. The third-order valence-electron chi connectivity index (χ3n) is 6.95. The van der Waals surface area contributed by atoms with Gasteiger partial charge in [0.15, 0.2) is 0 Å². The van der Waals surface area contributed by atoms with E-state index < -0.39 is 23.3 Å². The summed E-state index contributed by atoms with van der Waals surface area (Å²) in [7, 11) is 0. The fourth-order valence-electron chi connectivity index (χ4n) is 4.54. The number of carbonyl (C=O) groups excluding carboxylic acids is 2. The lowest BCUT2D eigenvalue weighted by atomic mass is 9.90. The van der Waals surface area contributed by atoms with Crippen molar-refractivity contribution in [2.75, 3.05) is 5.32 Å². The standard InChI is InChI=1S/C28H30N2O4/c1-18(22-10-4-7-19-6-2-3-9-23(19)22)27(34)30-24-16-21(26(29)28(17-31)14-15-28)13-12-20(24)8-5-11-25(32)33/h2-4,6-7,9-10,12-13,16-18,26H,5,8,11,14-15,29H2,1H3,(H,30,34)(H,32,33). The summed E-state index contributed by atoms with van der Waals surface area (Å²) in [6.45, 7) is 1.88. The number of carboxylic acid groups (broad SMARTS) is 1. The smallest absolute Gasteiger partial charge is 0.303 e. The van der Waals surface area contributed by atoms with Crippen LogP contribution in [0.4, 0.5) is 5.69 Å². The minimum Gasteiger partial charge on any atom is -0.481 e. The molecular formula is C28H30N2O4. The van der Waals surface area contributed by atoms with Gasteiger partial charge in [-0.3, -0.25) is 9.59 Å². The maximum absolute atomic E-state index is 13.3. The Morgan fingerprint density at radius 2 is 1.85 bits per heavy atom. The van der Waals surface area contributed by atoms with Gasteiger partial charge in [0.1, 0.15) is 6.29 Å². The number of hydrogen-bond acceptors (Lipinski definition) is 4. The Bertz CT molecular complexity index is 1230. The van der Waals surface area contributed by atoms with E-state index in [0.717, 1.165) is 46.6 Å². The largest absolute Gasteiger partial charge is 0.481 e. The van der Waals surface area contributed by atoms with Crippen molar-refractivity contribution in [3.8, 4) is 0 Å². The van der Waals surface area contributed by atoms with Gasteiger partial charge in [-0.1, -0.05) is 54.6 Å². The van der Waals surface area contributed by atoms with Crippen LogP contribution in [0.25, 0.3) is 10.8 Å². The van der Waals surface area contributed by atoms with Gasteiger partial charge in [-0.05, 0) is 66.1 Å². The summed E-state index contributed by atoms with van der Waals surface area (Å²) in [6, 6.07) is 19.1. The van der Waals surface area contributed by atoms with Crippen molar-refractivity contribution < 1.29 is 19.5 Å². The van der Waals surface area contributed by atoms with Crippen molar-refractivity contribution in [3.63, 3.8) is 0 Å². The number of rotatable bonds is 10. The molecule has 6 nitrogen and oxygen atoms in total. The molecule has 6 heteroatoms. The van der Waals surface area contributed by atoms with E-state index in [1.54, 1.807) is 0 Å². The molecule has 1 aliphatic carbocycles. The minimum atomic E-state index is -0.851. The van der Waals surface area contributed by atoms with E-state index in [4.69, 9.17) is 10.8 Å². The Morgan fingerprint density at radius 1 is 1.12 bits per heavy atom. The highest BCUT2D eigenvalue weighted by atomic mass is 16.4. The number of fused-ring (bicyclic) bond motifs is 1. The van der Waals surface area contributed by atoms with Crippen LogP contribution >= 0.6 is 0 Å². The SMILES string of the molecule is CC(C(=O)Nc1cc(C(N)C2(C=O)CC2)ccc1CCCC(=O)O)c1cccc2ccccc12. The predicted octanol–water partition coefficient (Wildman–Crippen LogP) is 4.97. The molecule has 34 heavy (non-hydrogen) atoms. The number of nitrogens with two attached hydrogens (primary N) is 1. The Kier molecular flexibility index (Phi) is 6.80. The summed E-state index contributed by atoms with van der Waals surface area (Å²) < 4.78 is 0. The van der Waals surface area contributed by atoms with Crippen LogP contribution in [0.5, 0.6) is 0 Å². The molecular weight excluding hydrogens is 428 g/mol. The maximum atomic E-state index is 13.3. The Balaban J connectivity index is 1.62. The van der Waals surface area contributed by atoms with Crippen LogP contribution < -0.4 is 11.1 Å². The van der Waals surface area contributed by atoms with E-state index in [-0.39, 0.29) is 12.3 Å². The van der Waals surface area contributed by atoms with Crippen molar-refractivity contribution in [2.24, 2.45) is 11.1 Å². The van der Waals surface area contributed by atoms with E-state index in [0.29, 0.717) is 18.5 Å². The van der Waals surface area contributed by atoms with E-state index >= 15 is 0 Å². The molecule has 3 aromatic rings. The molecule has 1 amide bonds. The number of amides is 1. The summed E-state index contributed by atoms with van der Waals surface area (Å²) in [6.07, 6.45) is 3.49. The molecule has 4 N–H and O–H groups in total. The van der Waals surface area contributed by atoms with Gasteiger partial charge in [0.2, 0.25) is 5.91 Å². The normalized spacial score (nSPS) is 15.9. The van der Waals surface area contributed by atoms with E-state index in [9.17, 15) is 14.4 Å². The fourth-order valence-corrected chi connectivity index (χ4v) is 4.54. The van der Waals surface area contributed by atoms with Gasteiger partial charge in [-0.15, -0.1) is 0 Å². The summed E-state index contributed by atoms with van der Waals surface area (Å²) in [5.74, 6) is -1.41. The minimum absolute atomic E-state index is 0.0509. The van der Waals surface area contributed by atoms with Crippen molar-refractivity contribution in [1.29, 1.82) is 0 Å². The lowest BCUT2D eigenvalue weighted by Gasteiger charge is -2.21. The highest BCUT2D eigenvalue weighted by Crippen LogP contribution is 2.52. The van der Waals surface area contributed by atoms with Gasteiger partial charge in [0.25, 0.3) is 0 Å². The molecule has 2 unspecified atom stereocenters. The fraction of sp³-hybridized carbons (Fsp3) is 0.321. The van der Waals surface area contributed by atoms with Crippen molar-refractivity contribution in [3.05, 3.63) is 77.4 Å². The first kappa shape index (κ1) is 23.6. The summed E-state index contributed by atoms with van der Waals surface area (Å²) in [5.41, 5.74) is 9.11. The van der Waals surface area contributed by atoms with Crippen molar-refractivity contribution in [1.82, 2.24) is 0 Å². The molecule has 0 heterocycles. The van der Waals surface area contributed by atoms with Crippen LogP contribution in [0.15, 0.2) is 60.7 Å². The Labute approximate surface area is 199 Å². The zero-order valence-corrected chi connectivity index (χ0v) is 19.3. The Hall–Kier alpha value is -3.51. The van der Waals surface area contributed by atoms with Crippen molar-refractivity contribution >= 4 is 34.6 Å².